The van der Waals surface area contributed by atoms with Gasteiger partial charge in [0.25, 0.3) is 0 Å². The van der Waals surface area contributed by atoms with Gasteiger partial charge in [-0.1, -0.05) is 5.11 Å². The summed E-state index contributed by atoms with van der Waals surface area (Å²) in [6.07, 6.45) is 1.46. The van der Waals surface area contributed by atoms with Crippen LogP contribution in [0.3, 0.4) is 0 Å². The first-order valence-corrected chi connectivity index (χ1v) is 5.67. The van der Waals surface area contributed by atoms with Crippen LogP contribution in [0, 0.1) is 0 Å². The maximum Gasteiger partial charge on any atom is 0.327 e. The zero-order chi connectivity index (χ0) is 12.7. The third-order valence-electron chi connectivity index (χ3n) is 3.00. The van der Waals surface area contributed by atoms with Gasteiger partial charge in [0.1, 0.15) is 5.54 Å². The van der Waals surface area contributed by atoms with Gasteiger partial charge in [-0.15, -0.1) is 0 Å². The number of hydrogen-bond acceptors (Lipinski definition) is 5. The van der Waals surface area contributed by atoms with Gasteiger partial charge in [-0.25, -0.2) is 0 Å². The number of rotatable bonds is 6. The van der Waals surface area contributed by atoms with Crippen LogP contribution in [-0.4, -0.2) is 56.7 Å². The molecular weight excluding hydrogens is 222 g/mol. The predicted octanol–water partition coefficient (Wildman–Crippen LogP) is 0.524. The van der Waals surface area contributed by atoms with E-state index in [0.29, 0.717) is 26.1 Å². The molecule has 0 aliphatic carbocycles. The van der Waals surface area contributed by atoms with Crippen LogP contribution in [-0.2, 0) is 9.53 Å². The maximum atomic E-state index is 11.8. The lowest BCUT2D eigenvalue weighted by molar-refractivity contribution is -0.148. The van der Waals surface area contributed by atoms with Gasteiger partial charge in [-0.05, 0) is 32.0 Å². The molecule has 1 N–H and O–H groups in total. The highest BCUT2D eigenvalue weighted by Gasteiger charge is 2.43. The van der Waals surface area contributed by atoms with E-state index in [2.05, 4.69) is 20.2 Å². The van der Waals surface area contributed by atoms with Crippen molar-refractivity contribution in [2.45, 2.75) is 18.4 Å². The van der Waals surface area contributed by atoms with E-state index < -0.39 is 5.54 Å². The molecule has 1 rings (SSSR count). The number of carbonyl (C=O) groups excluding carboxylic acids is 1. The number of hydrogen-bond donors (Lipinski definition) is 1. The van der Waals surface area contributed by atoms with Gasteiger partial charge in [0.05, 0.1) is 7.11 Å². The van der Waals surface area contributed by atoms with Crippen LogP contribution in [0.2, 0.25) is 0 Å². The number of nitrogens with one attached hydrogen (secondary N) is 1. The quantitative estimate of drug-likeness (QED) is 0.241. The summed E-state index contributed by atoms with van der Waals surface area (Å²) in [4.78, 5) is 16.6. The van der Waals surface area contributed by atoms with E-state index in [0.717, 1.165) is 13.0 Å². The molecule has 1 saturated heterocycles. The largest absolute Gasteiger partial charge is 0.468 e. The first-order valence-electron chi connectivity index (χ1n) is 5.67. The molecule has 0 bridgehead atoms. The number of likely N-dealkylation sites (N-methyl/N-ethyl adjacent to an activating group) is 1. The maximum absolute atomic E-state index is 11.8. The minimum Gasteiger partial charge on any atom is -0.468 e. The molecule has 96 valence electrons. The second-order valence-corrected chi connectivity index (χ2v) is 4.30. The molecule has 1 heterocycles. The van der Waals surface area contributed by atoms with Crippen LogP contribution in [0.25, 0.3) is 10.4 Å². The molecular formula is C10H19N5O2. The van der Waals surface area contributed by atoms with Gasteiger partial charge in [-0.3, -0.25) is 4.79 Å². The lowest BCUT2D eigenvalue weighted by atomic mass is 9.98. The van der Waals surface area contributed by atoms with Crippen LogP contribution in [0.1, 0.15) is 12.8 Å². The zero-order valence-corrected chi connectivity index (χ0v) is 10.3. The molecule has 0 aromatic rings. The molecule has 17 heavy (non-hydrogen) atoms. The minimum atomic E-state index is -0.597. The number of esters is 1. The van der Waals surface area contributed by atoms with Crippen LogP contribution in [0.5, 0.6) is 0 Å². The summed E-state index contributed by atoms with van der Waals surface area (Å²) >= 11 is 0. The van der Waals surface area contributed by atoms with Crippen molar-refractivity contribution in [3.8, 4) is 0 Å². The molecule has 1 aliphatic heterocycles. The topological polar surface area (TPSA) is 90.3 Å². The highest BCUT2D eigenvalue weighted by atomic mass is 16.5. The summed E-state index contributed by atoms with van der Waals surface area (Å²) in [6, 6.07) is 0. The zero-order valence-electron chi connectivity index (χ0n) is 10.3. The van der Waals surface area contributed by atoms with E-state index >= 15 is 0 Å². The Morgan fingerprint density at radius 1 is 1.71 bits per heavy atom. The van der Waals surface area contributed by atoms with Crippen molar-refractivity contribution in [3.05, 3.63) is 10.4 Å². The fourth-order valence-electron chi connectivity index (χ4n) is 2.10. The Morgan fingerprint density at radius 2 is 2.47 bits per heavy atom. The molecule has 1 unspecified atom stereocenters. The molecule has 1 atom stereocenters. The van der Waals surface area contributed by atoms with Gasteiger partial charge < -0.3 is 15.0 Å². The summed E-state index contributed by atoms with van der Waals surface area (Å²) in [5.74, 6) is -0.217. The van der Waals surface area contributed by atoms with Crippen LogP contribution < -0.4 is 5.32 Å². The van der Waals surface area contributed by atoms with E-state index in [-0.39, 0.29) is 5.97 Å². The Balaban J connectivity index is 2.48. The van der Waals surface area contributed by atoms with Crippen molar-refractivity contribution < 1.29 is 9.53 Å². The summed E-state index contributed by atoms with van der Waals surface area (Å²) < 4.78 is 4.85. The molecule has 0 aromatic heterocycles. The van der Waals surface area contributed by atoms with Crippen LogP contribution in [0.15, 0.2) is 5.11 Å². The van der Waals surface area contributed by atoms with Crippen molar-refractivity contribution in [2.75, 3.05) is 40.3 Å². The average Bonchev–Trinajstić information content (AvgIpc) is 2.71. The Morgan fingerprint density at radius 3 is 3.00 bits per heavy atom. The molecule has 1 aliphatic rings. The summed E-state index contributed by atoms with van der Waals surface area (Å²) in [7, 11) is 3.39. The van der Waals surface area contributed by atoms with Crippen molar-refractivity contribution >= 4 is 5.97 Å². The van der Waals surface area contributed by atoms with Gasteiger partial charge in [0.15, 0.2) is 0 Å². The minimum absolute atomic E-state index is 0.217. The molecule has 7 heteroatoms. The average molecular weight is 241 g/mol. The standard InChI is InChI=1S/C10H19N5O2/c1-15-7-4-10(8-15,9(16)17-2)12-5-3-6-13-14-11/h12H,3-8H2,1-2H3. The molecule has 7 nitrogen and oxygen atoms in total. The van der Waals surface area contributed by atoms with E-state index in [9.17, 15) is 4.79 Å². The normalized spacial score (nSPS) is 24.4. The van der Waals surface area contributed by atoms with Crippen molar-refractivity contribution in [3.63, 3.8) is 0 Å². The van der Waals surface area contributed by atoms with Crippen LogP contribution in [0.4, 0.5) is 0 Å². The summed E-state index contributed by atoms with van der Waals surface area (Å²) in [5.41, 5.74) is 7.55. The number of nitrogens with zero attached hydrogens (tertiary/aromatic N) is 4. The third kappa shape index (κ3) is 3.59. The highest BCUT2D eigenvalue weighted by Crippen LogP contribution is 2.21. The second-order valence-electron chi connectivity index (χ2n) is 4.30. The molecule has 0 amide bonds. The van der Waals surface area contributed by atoms with Crippen LogP contribution >= 0.6 is 0 Å². The molecule has 1 fully saturated rings. The molecule has 0 aromatic carbocycles. The van der Waals surface area contributed by atoms with E-state index in [4.69, 9.17) is 10.3 Å². The van der Waals surface area contributed by atoms with Crippen molar-refractivity contribution in [1.82, 2.24) is 10.2 Å². The van der Waals surface area contributed by atoms with Crippen molar-refractivity contribution in [1.29, 1.82) is 0 Å². The lowest BCUT2D eigenvalue weighted by Crippen LogP contribution is -2.54. The van der Waals surface area contributed by atoms with E-state index in [1.807, 2.05) is 7.05 Å². The fraction of sp³-hybridized carbons (Fsp3) is 0.900. The SMILES string of the molecule is COC(=O)C1(NCCCN=[N+]=[N-])CCN(C)C1. The fourth-order valence-corrected chi connectivity index (χ4v) is 2.10. The third-order valence-corrected chi connectivity index (χ3v) is 3.00. The molecule has 0 radical (unpaired) electrons. The Kier molecular flexibility index (Phi) is 5.21. The molecule has 0 spiro atoms. The lowest BCUT2D eigenvalue weighted by Gasteiger charge is -2.27. The number of likely N-dealkylation sites (tertiary alicyclic amines) is 1. The number of azide groups is 1. The van der Waals surface area contributed by atoms with Crippen molar-refractivity contribution in [2.24, 2.45) is 5.11 Å². The second kappa shape index (κ2) is 6.44. The first-order chi connectivity index (χ1) is 8.14. The van der Waals surface area contributed by atoms with E-state index in [1.165, 1.54) is 7.11 Å². The van der Waals surface area contributed by atoms with Gasteiger partial charge in [0.2, 0.25) is 0 Å². The number of carbonyl (C=O) groups is 1. The van der Waals surface area contributed by atoms with Gasteiger partial charge in [0, 0.05) is 24.5 Å². The number of methoxy groups -OCH3 is 1. The van der Waals surface area contributed by atoms with Gasteiger partial charge in [-0.2, -0.15) is 0 Å². The van der Waals surface area contributed by atoms with Gasteiger partial charge >= 0.3 is 5.97 Å². The Labute approximate surface area is 101 Å². The summed E-state index contributed by atoms with van der Waals surface area (Å²) in [5, 5.41) is 6.69. The predicted molar refractivity (Wildman–Crippen MR) is 63.5 cm³/mol. The first kappa shape index (κ1) is 13.8. The highest BCUT2D eigenvalue weighted by molar-refractivity contribution is 5.81. The summed E-state index contributed by atoms with van der Waals surface area (Å²) in [6.45, 7) is 2.61. The molecule has 0 saturated carbocycles. The monoisotopic (exact) mass is 241 g/mol. The number of ether oxygens (including phenoxy) is 1. The Hall–Kier alpha value is -1.30. The smallest absolute Gasteiger partial charge is 0.327 e. The Bertz CT molecular complexity index is 316. The van der Waals surface area contributed by atoms with E-state index in [1.54, 1.807) is 0 Å².